The van der Waals surface area contributed by atoms with E-state index in [1.54, 1.807) is 5.73 Å². The van der Waals surface area contributed by atoms with Crippen molar-refractivity contribution in [2.75, 3.05) is 19.8 Å². The van der Waals surface area contributed by atoms with E-state index >= 15 is 0 Å². The predicted molar refractivity (Wildman–Crippen MR) is 131 cm³/mol. The first-order valence-corrected chi connectivity index (χ1v) is 12.5. The maximum atomic E-state index is 14.2. The summed E-state index contributed by atoms with van der Waals surface area (Å²) in [7, 11) is 0. The lowest BCUT2D eigenvalue weighted by molar-refractivity contribution is -0.153. The van der Waals surface area contributed by atoms with Crippen molar-refractivity contribution in [3.8, 4) is 0 Å². The monoisotopic (exact) mass is 562 g/mol. The van der Waals surface area contributed by atoms with E-state index in [0.29, 0.717) is 18.8 Å². The van der Waals surface area contributed by atoms with Crippen molar-refractivity contribution in [2.24, 2.45) is 5.92 Å². The molecule has 0 aromatic heterocycles. The van der Waals surface area contributed by atoms with Crippen molar-refractivity contribution in [1.29, 1.82) is 0 Å². The number of nitrogens with one attached hydrogen (secondary N) is 1. The fourth-order valence-corrected chi connectivity index (χ4v) is 3.65. The van der Waals surface area contributed by atoms with Crippen LogP contribution in [0.1, 0.15) is 60.3 Å². The molecule has 0 spiro atoms. The zero-order valence-corrected chi connectivity index (χ0v) is 22.4. The van der Waals surface area contributed by atoms with Crippen LogP contribution in [0.3, 0.4) is 0 Å². The van der Waals surface area contributed by atoms with Crippen molar-refractivity contribution < 1.29 is 44.7 Å². The zero-order valence-electron chi connectivity index (χ0n) is 22.4. The van der Waals surface area contributed by atoms with Gasteiger partial charge in [-0.3, -0.25) is 4.79 Å². The molecule has 0 aromatic rings. The number of alkyl halides is 7. The highest BCUT2D eigenvalue weighted by Crippen LogP contribution is 2.33. The van der Waals surface area contributed by atoms with Crippen LogP contribution in [0.2, 0.25) is 0 Å². The smallest absolute Gasteiger partial charge is 0.378 e. The molecule has 1 amide bonds. The standard InChI is InChI=1S/C12H23F2NO.C11H7F6NO.C3H8/c1-4-6-10(5-2)15(14)12-9(3)7-16-8-11(12)13;12-10(13,14)8-1-2-9(11(15,16)17)4-7(3-8)5-18-6-19;1-3-2/h9-12H,4-8H2,1-3H3;1,3-4,6H,5H2,(H,18,19);3H2,1-2H3. The van der Waals surface area contributed by atoms with Crippen molar-refractivity contribution in [3.05, 3.63) is 40.7 Å². The van der Waals surface area contributed by atoms with Gasteiger partial charge in [-0.2, -0.15) is 26.3 Å². The maximum Gasteiger partial charge on any atom is 0.423 e. The van der Waals surface area contributed by atoms with E-state index in [-0.39, 0.29) is 36.6 Å². The molecule has 0 aromatic carbocycles. The van der Waals surface area contributed by atoms with Crippen LogP contribution in [0, 0.1) is 5.92 Å². The Morgan fingerprint density at radius 2 is 1.71 bits per heavy atom. The van der Waals surface area contributed by atoms with E-state index in [1.807, 2.05) is 26.1 Å². The van der Waals surface area contributed by atoms with Gasteiger partial charge in [-0.05, 0) is 36.6 Å². The molecule has 1 saturated heterocycles. The van der Waals surface area contributed by atoms with Crippen LogP contribution in [0.5, 0.6) is 0 Å². The summed E-state index contributed by atoms with van der Waals surface area (Å²) in [5, 5.41) is 2.76. The Morgan fingerprint density at radius 1 is 1.11 bits per heavy atom. The Kier molecular flexibility index (Phi) is 16.4. The average molecular weight is 563 g/mol. The minimum Gasteiger partial charge on any atom is -0.378 e. The number of nitrogens with zero attached hydrogens (tertiary/aromatic N) is 1. The number of allylic oxidation sites excluding steroid dienone is 3. The molecular formula is C26H38F8N2O2. The van der Waals surface area contributed by atoms with Crippen LogP contribution >= 0.6 is 0 Å². The normalized spacial score (nSPS) is 22.5. The topological polar surface area (TPSA) is 41.6 Å². The van der Waals surface area contributed by atoms with Crippen LogP contribution in [-0.4, -0.2) is 61.9 Å². The molecule has 2 rings (SSSR count). The van der Waals surface area contributed by atoms with Gasteiger partial charge in [0.1, 0.15) is 6.17 Å². The fraction of sp³-hybridized carbons (Fsp3) is 0.692. The molecule has 1 aliphatic heterocycles. The molecule has 0 bridgehead atoms. The number of carbonyl (C=O) groups is 1. The third-order valence-corrected chi connectivity index (χ3v) is 5.41. The molecule has 1 aliphatic carbocycles. The Labute approximate surface area is 219 Å². The summed E-state index contributed by atoms with van der Waals surface area (Å²) in [5.41, 5.74) is -1.37. The van der Waals surface area contributed by atoms with E-state index in [1.165, 1.54) is 6.42 Å². The molecule has 4 unspecified atom stereocenters. The molecule has 4 atom stereocenters. The number of rotatable bonds is 8. The Balaban J connectivity index is 0.000000660. The van der Waals surface area contributed by atoms with E-state index in [4.69, 9.17) is 4.74 Å². The number of hydrogen-bond acceptors (Lipinski definition) is 3. The van der Waals surface area contributed by atoms with Gasteiger partial charge in [0.25, 0.3) is 0 Å². The Hall–Kier alpha value is -2.17. The maximum absolute atomic E-state index is 14.2. The van der Waals surface area contributed by atoms with Crippen molar-refractivity contribution in [3.63, 3.8) is 0 Å². The Bertz CT molecular complexity index is 820. The lowest BCUT2D eigenvalue weighted by atomic mass is 9.94. The van der Waals surface area contributed by atoms with Gasteiger partial charge in [0.05, 0.1) is 30.4 Å². The molecular weight excluding hydrogens is 524 g/mol. The first kappa shape index (κ1) is 35.8. The van der Waals surface area contributed by atoms with Crippen LogP contribution in [0.15, 0.2) is 40.7 Å². The number of halogens is 8. The van der Waals surface area contributed by atoms with Crippen LogP contribution in [0.4, 0.5) is 35.2 Å². The average Bonchev–Trinajstić information content (AvgIpc) is 3.05. The van der Waals surface area contributed by atoms with E-state index in [9.17, 15) is 40.0 Å². The van der Waals surface area contributed by atoms with Gasteiger partial charge in [0, 0.05) is 18.5 Å². The predicted octanol–water partition coefficient (Wildman–Crippen LogP) is 7.35. The van der Waals surface area contributed by atoms with E-state index in [2.05, 4.69) is 13.8 Å². The quantitative estimate of drug-likeness (QED) is 0.146. The minimum atomic E-state index is -4.82. The van der Waals surface area contributed by atoms with Gasteiger partial charge in [-0.1, -0.05) is 47.5 Å². The summed E-state index contributed by atoms with van der Waals surface area (Å²) in [4.78, 5) is 10.1. The highest BCUT2D eigenvalue weighted by molar-refractivity contribution is 5.49. The largest absolute Gasteiger partial charge is 0.423 e. The number of amides is 1. The van der Waals surface area contributed by atoms with Crippen LogP contribution in [-0.2, 0) is 9.53 Å². The van der Waals surface area contributed by atoms with E-state index in [0.717, 1.165) is 24.4 Å². The third kappa shape index (κ3) is 12.6. The number of ether oxygens (including phenoxy) is 1. The minimum absolute atomic E-state index is 0.0258. The first-order valence-electron chi connectivity index (χ1n) is 12.5. The fourth-order valence-electron chi connectivity index (χ4n) is 3.65. The van der Waals surface area contributed by atoms with Gasteiger partial charge in [0.2, 0.25) is 6.41 Å². The van der Waals surface area contributed by atoms with Crippen LogP contribution in [0.25, 0.3) is 0 Å². The van der Waals surface area contributed by atoms with Crippen molar-refractivity contribution >= 4 is 6.41 Å². The van der Waals surface area contributed by atoms with Crippen LogP contribution < -0.4 is 5.32 Å². The third-order valence-electron chi connectivity index (χ3n) is 5.41. The lowest BCUT2D eigenvalue weighted by Gasteiger charge is -2.38. The SMILES string of the molecule is CCC.CCCC(CC)N(F)C1C(C)COCC1F.O=CNCC1=CC(C(F)(F)F)=C=CC(C(F)(F)F)=C1. The molecule has 1 heterocycles. The molecule has 0 radical (unpaired) electrons. The highest BCUT2D eigenvalue weighted by Gasteiger charge is 2.39. The molecule has 1 N–H and O–H groups in total. The number of carbonyl (C=O) groups excluding carboxylic acids is 1. The lowest BCUT2D eigenvalue weighted by Crippen LogP contribution is -2.52. The second-order valence-corrected chi connectivity index (χ2v) is 8.94. The molecule has 2 aliphatic rings. The van der Waals surface area contributed by atoms with Gasteiger partial charge in [-0.25, -0.2) is 4.39 Å². The Morgan fingerprint density at radius 3 is 2.16 bits per heavy atom. The van der Waals surface area contributed by atoms with Gasteiger partial charge in [0.15, 0.2) is 0 Å². The molecule has 0 saturated carbocycles. The summed E-state index contributed by atoms with van der Waals surface area (Å²) in [6.07, 6.45) is -5.71. The summed E-state index contributed by atoms with van der Waals surface area (Å²) in [6.45, 7) is 10.1. The van der Waals surface area contributed by atoms with E-state index < -0.39 is 42.3 Å². The summed E-state index contributed by atoms with van der Waals surface area (Å²) in [6, 6.07) is -0.793. The molecule has 1 fully saturated rings. The second kappa shape index (κ2) is 17.4. The molecule has 220 valence electrons. The summed E-state index contributed by atoms with van der Waals surface area (Å²) in [5.74, 6) is -0.0837. The van der Waals surface area contributed by atoms with Crippen molar-refractivity contribution in [1.82, 2.24) is 10.4 Å². The zero-order chi connectivity index (χ0) is 29.5. The molecule has 4 nitrogen and oxygen atoms in total. The second-order valence-electron chi connectivity index (χ2n) is 8.94. The van der Waals surface area contributed by atoms with Crippen molar-refractivity contribution in [2.45, 2.75) is 90.9 Å². The van der Waals surface area contributed by atoms with Gasteiger partial charge in [-0.15, -0.1) is 15.3 Å². The molecule has 12 heteroatoms. The highest BCUT2D eigenvalue weighted by atomic mass is 19.4. The van der Waals surface area contributed by atoms with Gasteiger partial charge >= 0.3 is 12.4 Å². The number of hydrogen-bond donors (Lipinski definition) is 1. The summed E-state index contributed by atoms with van der Waals surface area (Å²) >= 11 is 0. The first-order chi connectivity index (χ1) is 17.7. The summed E-state index contributed by atoms with van der Waals surface area (Å²) < 4.78 is 108. The molecule has 38 heavy (non-hydrogen) atoms. The van der Waals surface area contributed by atoms with Gasteiger partial charge < -0.3 is 10.1 Å².